The summed E-state index contributed by atoms with van der Waals surface area (Å²) in [7, 11) is 1.29. The van der Waals surface area contributed by atoms with E-state index in [1.165, 1.54) is 7.11 Å². The molecule has 0 aliphatic rings. The number of alkyl carbamates (subject to hydrolysis) is 1. The van der Waals surface area contributed by atoms with E-state index in [0.29, 0.717) is 0 Å². The molecule has 0 radical (unpaired) electrons. The third-order valence-electron chi connectivity index (χ3n) is 2.15. The molecule has 1 amide bonds. The van der Waals surface area contributed by atoms with Crippen molar-refractivity contribution in [3.8, 4) is 0 Å². The van der Waals surface area contributed by atoms with Crippen molar-refractivity contribution >= 4 is 6.09 Å². The molecule has 1 rings (SSSR count). The highest BCUT2D eigenvalue weighted by molar-refractivity contribution is 5.67. The number of ether oxygens (including phenoxy) is 1. The third-order valence-corrected chi connectivity index (χ3v) is 2.15. The van der Waals surface area contributed by atoms with Crippen LogP contribution in [0.4, 0.5) is 4.79 Å². The van der Waals surface area contributed by atoms with E-state index in [0.717, 1.165) is 5.56 Å². The quantitative estimate of drug-likeness (QED) is 0.792. The van der Waals surface area contributed by atoms with Crippen molar-refractivity contribution in [1.29, 1.82) is 0 Å². The van der Waals surface area contributed by atoms with E-state index in [1.807, 2.05) is 18.2 Å². The maximum atomic E-state index is 10.9. The average molecular weight is 209 g/mol. The average Bonchev–Trinajstić information content (AvgIpc) is 2.29. The minimum absolute atomic E-state index is 0.389. The van der Waals surface area contributed by atoms with E-state index >= 15 is 0 Å². The summed E-state index contributed by atoms with van der Waals surface area (Å²) < 4.78 is 4.45. The van der Waals surface area contributed by atoms with Gasteiger partial charge in [0.25, 0.3) is 0 Å². The summed E-state index contributed by atoms with van der Waals surface area (Å²) in [4.78, 5) is 10.9. The molecular weight excluding hydrogens is 194 g/mol. The minimum Gasteiger partial charge on any atom is -0.453 e. The number of hydrogen-bond acceptors (Lipinski definition) is 3. The van der Waals surface area contributed by atoms with Crippen molar-refractivity contribution in [3.05, 3.63) is 35.9 Å². The van der Waals surface area contributed by atoms with Gasteiger partial charge in [0, 0.05) is 0 Å². The third kappa shape index (κ3) is 3.25. The molecule has 0 saturated heterocycles. The van der Waals surface area contributed by atoms with Crippen LogP contribution in [0.15, 0.2) is 30.3 Å². The fraction of sp³-hybridized carbons (Fsp3) is 0.364. The number of hydrogen-bond donors (Lipinski definition) is 2. The topological polar surface area (TPSA) is 58.6 Å². The molecule has 0 aliphatic heterocycles. The molecule has 4 heteroatoms. The summed E-state index contributed by atoms with van der Waals surface area (Å²) in [5.74, 6) is 0. The van der Waals surface area contributed by atoms with Gasteiger partial charge in [0.15, 0.2) is 0 Å². The van der Waals surface area contributed by atoms with E-state index in [1.54, 1.807) is 19.1 Å². The van der Waals surface area contributed by atoms with Crippen molar-refractivity contribution in [1.82, 2.24) is 5.32 Å². The monoisotopic (exact) mass is 209 g/mol. The Morgan fingerprint density at radius 2 is 2.00 bits per heavy atom. The normalized spacial score (nSPS) is 14.1. The Bertz CT molecular complexity index is 313. The summed E-state index contributed by atoms with van der Waals surface area (Å²) in [5.41, 5.74) is 0.765. The van der Waals surface area contributed by atoms with Crippen LogP contribution in [0, 0.1) is 0 Å². The molecule has 0 aromatic heterocycles. The molecule has 1 aromatic rings. The number of rotatable bonds is 3. The Morgan fingerprint density at radius 1 is 1.40 bits per heavy atom. The summed E-state index contributed by atoms with van der Waals surface area (Å²) >= 11 is 0. The minimum atomic E-state index is -0.731. The number of carbonyl (C=O) groups excluding carboxylic acids is 1. The first kappa shape index (κ1) is 11.5. The Kier molecular flexibility index (Phi) is 4.12. The lowest BCUT2D eigenvalue weighted by atomic mass is 10.0. The standard InChI is InChI=1S/C11H15NO3/c1-8(12-11(14)15-2)10(13)9-6-4-3-5-7-9/h3-8,10,13H,1-2H3,(H,12,14)/t8-,10-/m1/s1. The van der Waals surface area contributed by atoms with Crippen molar-refractivity contribution in [2.45, 2.75) is 19.1 Å². The molecule has 4 nitrogen and oxygen atoms in total. The molecule has 0 spiro atoms. The molecule has 1 aromatic carbocycles. The van der Waals surface area contributed by atoms with Gasteiger partial charge in [-0.25, -0.2) is 4.79 Å². The number of aliphatic hydroxyl groups is 1. The second kappa shape index (κ2) is 5.36. The molecule has 0 saturated carbocycles. The maximum absolute atomic E-state index is 10.9. The zero-order valence-electron chi connectivity index (χ0n) is 8.81. The Morgan fingerprint density at radius 3 is 2.53 bits per heavy atom. The predicted octanol–water partition coefficient (Wildman–Crippen LogP) is 1.46. The lowest BCUT2D eigenvalue weighted by molar-refractivity contribution is 0.120. The van der Waals surface area contributed by atoms with E-state index in [4.69, 9.17) is 0 Å². The predicted molar refractivity (Wildman–Crippen MR) is 56.4 cm³/mol. The molecule has 15 heavy (non-hydrogen) atoms. The van der Waals surface area contributed by atoms with E-state index in [2.05, 4.69) is 10.1 Å². The molecule has 82 valence electrons. The smallest absolute Gasteiger partial charge is 0.407 e. The molecule has 0 heterocycles. The number of nitrogens with one attached hydrogen (secondary N) is 1. The van der Waals surface area contributed by atoms with Gasteiger partial charge in [-0.2, -0.15) is 0 Å². The van der Waals surface area contributed by atoms with E-state index in [9.17, 15) is 9.90 Å². The number of benzene rings is 1. The van der Waals surface area contributed by atoms with Crippen LogP contribution in [-0.4, -0.2) is 24.4 Å². The van der Waals surface area contributed by atoms with Crippen molar-refractivity contribution in [2.75, 3.05) is 7.11 Å². The highest BCUT2D eigenvalue weighted by Gasteiger charge is 2.17. The van der Waals surface area contributed by atoms with Crippen molar-refractivity contribution in [3.63, 3.8) is 0 Å². The summed E-state index contributed by atoms with van der Waals surface area (Å²) in [6, 6.07) is 8.77. The second-order valence-corrected chi connectivity index (χ2v) is 3.28. The van der Waals surface area contributed by atoms with Crippen LogP contribution in [0.25, 0.3) is 0 Å². The number of methoxy groups -OCH3 is 1. The SMILES string of the molecule is COC(=O)N[C@H](C)[C@@H](O)c1ccccc1. The summed E-state index contributed by atoms with van der Waals surface area (Å²) in [5, 5.41) is 12.4. The molecule has 2 atom stereocenters. The zero-order valence-corrected chi connectivity index (χ0v) is 8.81. The van der Waals surface area contributed by atoms with Crippen LogP contribution in [-0.2, 0) is 4.74 Å². The molecule has 0 fully saturated rings. The zero-order chi connectivity index (χ0) is 11.3. The molecule has 0 bridgehead atoms. The largest absolute Gasteiger partial charge is 0.453 e. The van der Waals surface area contributed by atoms with Gasteiger partial charge in [0.2, 0.25) is 0 Å². The Labute approximate surface area is 88.9 Å². The van der Waals surface area contributed by atoms with Gasteiger partial charge in [-0.3, -0.25) is 0 Å². The molecular formula is C11H15NO3. The fourth-order valence-corrected chi connectivity index (χ4v) is 1.26. The lowest BCUT2D eigenvalue weighted by Crippen LogP contribution is -2.36. The van der Waals surface area contributed by atoms with Gasteiger partial charge in [-0.1, -0.05) is 30.3 Å². The van der Waals surface area contributed by atoms with E-state index < -0.39 is 12.2 Å². The molecule has 0 aliphatic carbocycles. The fourth-order valence-electron chi connectivity index (χ4n) is 1.26. The van der Waals surface area contributed by atoms with Crippen LogP contribution >= 0.6 is 0 Å². The van der Waals surface area contributed by atoms with Crippen LogP contribution in [0.3, 0.4) is 0 Å². The summed E-state index contributed by atoms with van der Waals surface area (Å²) in [6.45, 7) is 1.72. The van der Waals surface area contributed by atoms with Crippen LogP contribution in [0.2, 0.25) is 0 Å². The summed E-state index contributed by atoms with van der Waals surface area (Å²) in [6.07, 6.45) is -1.28. The number of aliphatic hydroxyl groups excluding tert-OH is 1. The first-order chi connectivity index (χ1) is 7.15. The number of carbonyl (C=O) groups is 1. The van der Waals surface area contributed by atoms with Gasteiger partial charge in [-0.05, 0) is 12.5 Å². The highest BCUT2D eigenvalue weighted by Crippen LogP contribution is 2.15. The van der Waals surface area contributed by atoms with Gasteiger partial charge >= 0.3 is 6.09 Å². The highest BCUT2D eigenvalue weighted by atomic mass is 16.5. The Balaban J connectivity index is 2.61. The first-order valence-electron chi connectivity index (χ1n) is 4.72. The van der Waals surface area contributed by atoms with Crippen molar-refractivity contribution < 1.29 is 14.6 Å². The Hall–Kier alpha value is -1.55. The van der Waals surface area contributed by atoms with Gasteiger partial charge < -0.3 is 15.2 Å². The van der Waals surface area contributed by atoms with Crippen LogP contribution in [0.5, 0.6) is 0 Å². The second-order valence-electron chi connectivity index (χ2n) is 3.28. The van der Waals surface area contributed by atoms with E-state index in [-0.39, 0.29) is 6.04 Å². The van der Waals surface area contributed by atoms with Crippen LogP contribution < -0.4 is 5.32 Å². The lowest BCUT2D eigenvalue weighted by Gasteiger charge is -2.19. The first-order valence-corrected chi connectivity index (χ1v) is 4.72. The van der Waals surface area contributed by atoms with Gasteiger partial charge in [0.05, 0.1) is 19.3 Å². The maximum Gasteiger partial charge on any atom is 0.407 e. The van der Waals surface area contributed by atoms with Crippen molar-refractivity contribution in [2.24, 2.45) is 0 Å². The van der Waals surface area contributed by atoms with Gasteiger partial charge in [-0.15, -0.1) is 0 Å². The number of amides is 1. The van der Waals surface area contributed by atoms with Crippen LogP contribution in [0.1, 0.15) is 18.6 Å². The molecule has 2 N–H and O–H groups in total. The molecule has 0 unspecified atom stereocenters. The van der Waals surface area contributed by atoms with Gasteiger partial charge in [0.1, 0.15) is 0 Å².